The van der Waals surface area contributed by atoms with Crippen LogP contribution in [0.4, 0.5) is 5.69 Å². The van der Waals surface area contributed by atoms with E-state index in [1.165, 1.54) is 17.3 Å². The maximum atomic E-state index is 13.0. The van der Waals surface area contributed by atoms with Crippen LogP contribution in [0, 0.1) is 5.92 Å². The SMILES string of the molecule is CC(C)C[C@@H](NC(=O)[C@@H]1CCCN1C(=O)CNC(=O)c1ccc(N)cc1)C(=O)N[C@H](C)C(=O)NO. The van der Waals surface area contributed by atoms with E-state index >= 15 is 0 Å². The molecule has 1 heterocycles. The van der Waals surface area contributed by atoms with Crippen molar-refractivity contribution in [3.05, 3.63) is 29.8 Å². The van der Waals surface area contributed by atoms with E-state index in [1.807, 2.05) is 13.8 Å². The predicted octanol–water partition coefficient (Wildman–Crippen LogP) is -0.469. The lowest BCUT2D eigenvalue weighted by Crippen LogP contribution is -2.56. The molecule has 1 aliphatic heterocycles. The van der Waals surface area contributed by atoms with Crippen molar-refractivity contribution in [2.45, 2.75) is 58.2 Å². The van der Waals surface area contributed by atoms with Gasteiger partial charge in [-0.3, -0.25) is 29.2 Å². The van der Waals surface area contributed by atoms with Gasteiger partial charge < -0.3 is 26.6 Å². The number of amides is 5. The monoisotopic (exact) mass is 490 g/mol. The van der Waals surface area contributed by atoms with Crippen molar-refractivity contribution in [1.29, 1.82) is 0 Å². The van der Waals surface area contributed by atoms with Gasteiger partial charge in [-0.05, 0) is 56.4 Å². The van der Waals surface area contributed by atoms with Gasteiger partial charge >= 0.3 is 0 Å². The Morgan fingerprint density at radius 1 is 1.06 bits per heavy atom. The zero-order valence-electron chi connectivity index (χ0n) is 20.2. The lowest BCUT2D eigenvalue weighted by molar-refractivity contribution is -0.139. The van der Waals surface area contributed by atoms with E-state index in [-0.39, 0.29) is 12.5 Å². The van der Waals surface area contributed by atoms with E-state index in [2.05, 4.69) is 16.0 Å². The number of carbonyl (C=O) groups excluding carboxylic acids is 5. The largest absolute Gasteiger partial charge is 0.399 e. The first-order valence-corrected chi connectivity index (χ1v) is 11.5. The van der Waals surface area contributed by atoms with E-state index in [0.29, 0.717) is 37.1 Å². The van der Waals surface area contributed by atoms with Crippen LogP contribution in [0.2, 0.25) is 0 Å². The number of nitrogen functional groups attached to an aromatic ring is 1. The standard InChI is InChI=1S/C23H34N6O6/c1-13(2)11-17(22(33)26-14(3)20(31)28-35)27-23(34)18-5-4-10-29(18)19(30)12-25-21(32)15-6-8-16(24)9-7-15/h6-9,13-14,17-18,35H,4-5,10-12,24H2,1-3H3,(H,25,32)(H,26,33)(H,27,34)(H,28,31)/t14-,17-,18+/m1/s1. The minimum absolute atomic E-state index is 0.0536. The molecule has 7 N–H and O–H groups in total. The van der Waals surface area contributed by atoms with Crippen LogP contribution < -0.4 is 27.2 Å². The molecule has 35 heavy (non-hydrogen) atoms. The Hall–Kier alpha value is -3.67. The normalized spacial score (nSPS) is 16.8. The Balaban J connectivity index is 1.99. The summed E-state index contributed by atoms with van der Waals surface area (Å²) in [6.45, 7) is 5.23. The molecule has 12 nitrogen and oxygen atoms in total. The average Bonchev–Trinajstić information content (AvgIpc) is 3.31. The highest BCUT2D eigenvalue weighted by atomic mass is 16.5. The molecule has 0 saturated carbocycles. The maximum Gasteiger partial charge on any atom is 0.265 e. The highest BCUT2D eigenvalue weighted by molar-refractivity contribution is 5.98. The molecule has 5 amide bonds. The molecule has 3 atom stereocenters. The molecule has 1 aromatic carbocycles. The van der Waals surface area contributed by atoms with Crippen molar-refractivity contribution in [2.75, 3.05) is 18.8 Å². The summed E-state index contributed by atoms with van der Waals surface area (Å²) in [7, 11) is 0. The summed E-state index contributed by atoms with van der Waals surface area (Å²) < 4.78 is 0. The van der Waals surface area contributed by atoms with Gasteiger partial charge in [0.25, 0.3) is 11.8 Å². The second-order valence-electron chi connectivity index (χ2n) is 8.95. The predicted molar refractivity (Wildman–Crippen MR) is 127 cm³/mol. The molecule has 0 spiro atoms. The van der Waals surface area contributed by atoms with Crippen LogP contribution in [0.25, 0.3) is 0 Å². The van der Waals surface area contributed by atoms with Crippen molar-refractivity contribution < 1.29 is 29.2 Å². The number of rotatable bonds is 10. The molecule has 1 fully saturated rings. The summed E-state index contributed by atoms with van der Waals surface area (Å²) in [4.78, 5) is 63.7. The number of anilines is 1. The third-order valence-corrected chi connectivity index (χ3v) is 5.65. The van der Waals surface area contributed by atoms with Gasteiger partial charge in [0.05, 0.1) is 6.54 Å². The number of nitrogens with one attached hydrogen (secondary N) is 4. The molecular formula is C23H34N6O6. The highest BCUT2D eigenvalue weighted by Gasteiger charge is 2.36. The van der Waals surface area contributed by atoms with Gasteiger partial charge in [-0.25, -0.2) is 5.48 Å². The van der Waals surface area contributed by atoms with E-state index in [0.717, 1.165) is 0 Å². The van der Waals surface area contributed by atoms with Gasteiger partial charge in [-0.15, -0.1) is 0 Å². The number of nitrogens with zero attached hydrogens (tertiary/aromatic N) is 1. The van der Waals surface area contributed by atoms with Crippen LogP contribution in [-0.4, -0.2) is 70.9 Å². The summed E-state index contributed by atoms with van der Waals surface area (Å²) in [5, 5.41) is 16.4. The molecule has 0 radical (unpaired) electrons. The Labute approximate surface area is 203 Å². The summed E-state index contributed by atoms with van der Waals surface area (Å²) in [5.74, 6) is -2.65. The molecule has 0 unspecified atom stereocenters. The number of nitrogens with two attached hydrogens (primary N) is 1. The van der Waals surface area contributed by atoms with Crippen molar-refractivity contribution >= 4 is 35.2 Å². The minimum Gasteiger partial charge on any atom is -0.399 e. The Morgan fingerprint density at radius 2 is 1.71 bits per heavy atom. The van der Waals surface area contributed by atoms with Crippen LogP contribution in [0.15, 0.2) is 24.3 Å². The number of hydrogen-bond acceptors (Lipinski definition) is 7. The van der Waals surface area contributed by atoms with Gasteiger partial charge in [-0.1, -0.05) is 13.8 Å². The summed E-state index contributed by atoms with van der Waals surface area (Å²) in [5.41, 5.74) is 7.95. The van der Waals surface area contributed by atoms with Crippen LogP contribution in [0.1, 0.15) is 50.4 Å². The van der Waals surface area contributed by atoms with E-state index in [1.54, 1.807) is 24.3 Å². The molecule has 192 valence electrons. The minimum atomic E-state index is -1.01. The van der Waals surface area contributed by atoms with Crippen molar-refractivity contribution in [2.24, 2.45) is 5.92 Å². The fourth-order valence-electron chi connectivity index (χ4n) is 3.78. The topological polar surface area (TPSA) is 183 Å². The third kappa shape index (κ3) is 7.95. The Kier molecular flexibility index (Phi) is 10.0. The number of hydroxylamine groups is 1. The fraction of sp³-hybridized carbons (Fsp3) is 0.522. The maximum absolute atomic E-state index is 13.0. The van der Waals surface area contributed by atoms with Crippen LogP contribution in [-0.2, 0) is 19.2 Å². The number of likely N-dealkylation sites (tertiary alicyclic amines) is 1. The van der Waals surface area contributed by atoms with Crippen LogP contribution in [0.5, 0.6) is 0 Å². The van der Waals surface area contributed by atoms with E-state index in [9.17, 15) is 24.0 Å². The molecule has 1 aromatic rings. The van der Waals surface area contributed by atoms with Gasteiger partial charge in [0.2, 0.25) is 17.7 Å². The average molecular weight is 491 g/mol. The zero-order valence-corrected chi connectivity index (χ0v) is 20.2. The highest BCUT2D eigenvalue weighted by Crippen LogP contribution is 2.18. The smallest absolute Gasteiger partial charge is 0.265 e. The number of benzene rings is 1. The first-order chi connectivity index (χ1) is 16.5. The quantitative estimate of drug-likeness (QED) is 0.145. The summed E-state index contributed by atoms with van der Waals surface area (Å²) >= 11 is 0. The zero-order chi connectivity index (χ0) is 26.1. The van der Waals surface area contributed by atoms with Gasteiger partial charge in [0.1, 0.15) is 18.1 Å². The lowest BCUT2D eigenvalue weighted by Gasteiger charge is -2.27. The lowest BCUT2D eigenvalue weighted by atomic mass is 10.0. The summed E-state index contributed by atoms with van der Waals surface area (Å²) in [6, 6.07) is 3.54. The second kappa shape index (κ2) is 12.7. The molecule has 0 aliphatic carbocycles. The number of carbonyl (C=O) groups is 5. The Bertz CT molecular complexity index is 935. The fourth-order valence-corrected chi connectivity index (χ4v) is 3.78. The van der Waals surface area contributed by atoms with Crippen molar-refractivity contribution in [1.82, 2.24) is 26.3 Å². The molecule has 0 bridgehead atoms. The third-order valence-electron chi connectivity index (χ3n) is 5.65. The Morgan fingerprint density at radius 3 is 2.31 bits per heavy atom. The van der Waals surface area contributed by atoms with Crippen LogP contribution >= 0.6 is 0 Å². The van der Waals surface area contributed by atoms with Gasteiger partial charge in [0, 0.05) is 17.8 Å². The van der Waals surface area contributed by atoms with E-state index < -0.39 is 47.7 Å². The molecule has 1 aliphatic rings. The molecular weight excluding hydrogens is 456 g/mol. The molecule has 12 heteroatoms. The van der Waals surface area contributed by atoms with E-state index in [4.69, 9.17) is 10.9 Å². The number of hydrogen-bond donors (Lipinski definition) is 6. The van der Waals surface area contributed by atoms with Crippen molar-refractivity contribution in [3.63, 3.8) is 0 Å². The molecule has 2 rings (SSSR count). The second-order valence-corrected chi connectivity index (χ2v) is 8.95. The van der Waals surface area contributed by atoms with Crippen LogP contribution in [0.3, 0.4) is 0 Å². The first-order valence-electron chi connectivity index (χ1n) is 11.5. The molecule has 0 aromatic heterocycles. The first kappa shape index (κ1) is 27.6. The van der Waals surface area contributed by atoms with Crippen molar-refractivity contribution in [3.8, 4) is 0 Å². The van der Waals surface area contributed by atoms with Gasteiger partial charge in [-0.2, -0.15) is 0 Å². The summed E-state index contributed by atoms with van der Waals surface area (Å²) in [6.07, 6.45) is 1.33. The molecule has 1 saturated heterocycles. The van der Waals surface area contributed by atoms with Gasteiger partial charge in [0.15, 0.2) is 0 Å².